The maximum absolute atomic E-state index is 12.3. The second kappa shape index (κ2) is 8.67. The maximum Gasteiger partial charge on any atom is 0.283 e. The highest BCUT2D eigenvalue weighted by molar-refractivity contribution is 9.10. The van der Waals surface area contributed by atoms with Crippen LogP contribution in [0.3, 0.4) is 0 Å². The Morgan fingerprint density at radius 1 is 1.10 bits per heavy atom. The van der Waals surface area contributed by atoms with E-state index >= 15 is 0 Å². The second-order valence-corrected chi connectivity index (χ2v) is 7.91. The summed E-state index contributed by atoms with van der Waals surface area (Å²) >= 11 is 3.45. The Balaban J connectivity index is 1.52. The number of benzene rings is 3. The van der Waals surface area contributed by atoms with Gasteiger partial charge in [0.15, 0.2) is 5.69 Å². The van der Waals surface area contributed by atoms with E-state index in [2.05, 4.69) is 31.5 Å². The summed E-state index contributed by atoms with van der Waals surface area (Å²) in [6.45, 7) is 2.70. The molecule has 0 radical (unpaired) electrons. The van der Waals surface area contributed by atoms with Crippen molar-refractivity contribution in [2.75, 3.05) is 11.9 Å². The van der Waals surface area contributed by atoms with Crippen LogP contribution in [0.1, 0.15) is 13.3 Å². The number of aromatic hydroxyl groups is 1. The third kappa shape index (κ3) is 4.07. The number of halogens is 1. The smallest absolute Gasteiger partial charge is 0.283 e. The van der Waals surface area contributed by atoms with Crippen LogP contribution in [0.5, 0.6) is 5.88 Å². The lowest BCUT2D eigenvalue weighted by atomic mass is 10.1. The number of azo groups is 1. The zero-order valence-corrected chi connectivity index (χ0v) is 18.1. The van der Waals surface area contributed by atoms with Gasteiger partial charge in [0.05, 0.1) is 12.1 Å². The number of rotatable bonds is 6. The van der Waals surface area contributed by atoms with Gasteiger partial charge < -0.3 is 15.0 Å². The van der Waals surface area contributed by atoms with Gasteiger partial charge in [-0.15, -0.1) is 10.2 Å². The molecule has 30 heavy (non-hydrogen) atoms. The van der Waals surface area contributed by atoms with Gasteiger partial charge in [-0.1, -0.05) is 53.2 Å². The number of hydrogen-bond donors (Lipinski definition) is 2. The highest BCUT2D eigenvalue weighted by Crippen LogP contribution is 2.40. The predicted octanol–water partition coefficient (Wildman–Crippen LogP) is 6.40. The maximum atomic E-state index is 12.3. The Labute approximate surface area is 182 Å². The number of aryl methyl sites for hydroxylation is 1. The van der Waals surface area contributed by atoms with Gasteiger partial charge >= 0.3 is 0 Å². The van der Waals surface area contributed by atoms with Crippen molar-refractivity contribution in [2.24, 2.45) is 10.2 Å². The van der Waals surface area contributed by atoms with Crippen LogP contribution < -0.4 is 5.32 Å². The van der Waals surface area contributed by atoms with Gasteiger partial charge in [-0.25, -0.2) is 0 Å². The zero-order chi connectivity index (χ0) is 21.1. The predicted molar refractivity (Wildman–Crippen MR) is 124 cm³/mol. The van der Waals surface area contributed by atoms with Crippen molar-refractivity contribution in [3.8, 4) is 5.88 Å². The molecular weight excluding hydrogens is 444 g/mol. The number of hydrogen-bond acceptors (Lipinski definition) is 4. The van der Waals surface area contributed by atoms with Crippen LogP contribution in [0, 0.1) is 0 Å². The number of fused-ring (bicyclic) bond motifs is 2. The molecule has 0 saturated carbocycles. The average molecular weight is 465 g/mol. The molecular formula is C23H21BrN4O2. The van der Waals surface area contributed by atoms with Crippen LogP contribution in [0.15, 0.2) is 75.4 Å². The van der Waals surface area contributed by atoms with E-state index in [9.17, 15) is 9.90 Å². The molecule has 2 N–H and O–H groups in total. The van der Waals surface area contributed by atoms with Gasteiger partial charge in [-0.2, -0.15) is 0 Å². The van der Waals surface area contributed by atoms with Crippen molar-refractivity contribution in [1.29, 1.82) is 0 Å². The minimum absolute atomic E-state index is 0.0138. The van der Waals surface area contributed by atoms with Crippen molar-refractivity contribution in [3.05, 3.63) is 65.1 Å². The normalized spacial score (nSPS) is 11.5. The monoisotopic (exact) mass is 464 g/mol. The molecule has 152 valence electrons. The highest BCUT2D eigenvalue weighted by Gasteiger charge is 2.17. The van der Waals surface area contributed by atoms with E-state index in [0.29, 0.717) is 12.2 Å². The Bertz CT molecular complexity index is 1260. The van der Waals surface area contributed by atoms with Gasteiger partial charge in [0, 0.05) is 22.1 Å². The first-order chi connectivity index (χ1) is 14.6. The summed E-state index contributed by atoms with van der Waals surface area (Å²) in [6, 6.07) is 19.6. The van der Waals surface area contributed by atoms with Gasteiger partial charge in [-0.05, 0) is 47.5 Å². The fraction of sp³-hybridized carbons (Fsp3) is 0.174. The number of amides is 1. The van der Waals surface area contributed by atoms with Crippen LogP contribution in [0.2, 0.25) is 0 Å². The molecule has 0 fully saturated rings. The molecule has 0 aliphatic rings. The molecule has 6 nitrogen and oxygen atoms in total. The zero-order valence-electron chi connectivity index (χ0n) is 16.5. The summed E-state index contributed by atoms with van der Waals surface area (Å²) in [5, 5.41) is 24.6. The SMILES string of the molecule is CCCn1c(O)c(N=NC(=O)CNc2ccc3ccccc3c2)c2cc(Br)ccc21. The fourth-order valence-electron chi connectivity index (χ4n) is 3.46. The second-order valence-electron chi connectivity index (χ2n) is 6.99. The first kappa shape index (κ1) is 20.1. The minimum atomic E-state index is -0.422. The largest absolute Gasteiger partial charge is 0.493 e. The number of anilines is 1. The van der Waals surface area contributed by atoms with E-state index in [1.54, 1.807) is 4.57 Å². The molecule has 0 spiro atoms. The Morgan fingerprint density at radius 2 is 1.90 bits per heavy atom. The van der Waals surface area contributed by atoms with E-state index in [1.807, 2.05) is 67.6 Å². The molecule has 0 atom stereocenters. The van der Waals surface area contributed by atoms with Crippen molar-refractivity contribution in [1.82, 2.24) is 4.57 Å². The summed E-state index contributed by atoms with van der Waals surface area (Å²) in [5.74, 6) is -0.405. The summed E-state index contributed by atoms with van der Waals surface area (Å²) in [7, 11) is 0. The van der Waals surface area contributed by atoms with Crippen molar-refractivity contribution in [3.63, 3.8) is 0 Å². The molecule has 0 bridgehead atoms. The minimum Gasteiger partial charge on any atom is -0.493 e. The van der Waals surface area contributed by atoms with Gasteiger partial charge in [0.1, 0.15) is 0 Å². The van der Waals surface area contributed by atoms with Gasteiger partial charge in [0.2, 0.25) is 5.88 Å². The van der Waals surface area contributed by atoms with E-state index < -0.39 is 5.91 Å². The third-order valence-electron chi connectivity index (χ3n) is 4.87. The summed E-state index contributed by atoms with van der Waals surface area (Å²) in [4.78, 5) is 12.3. The molecule has 4 rings (SSSR count). The van der Waals surface area contributed by atoms with Crippen LogP contribution in [-0.4, -0.2) is 22.1 Å². The van der Waals surface area contributed by atoms with Crippen LogP contribution in [-0.2, 0) is 11.3 Å². The number of nitrogens with zero attached hydrogens (tertiary/aromatic N) is 3. The highest BCUT2D eigenvalue weighted by atomic mass is 79.9. The molecule has 7 heteroatoms. The lowest BCUT2D eigenvalue weighted by Crippen LogP contribution is -2.10. The van der Waals surface area contributed by atoms with Crippen molar-refractivity contribution >= 4 is 54.9 Å². The van der Waals surface area contributed by atoms with E-state index in [0.717, 1.165) is 38.3 Å². The standard InChI is InChI=1S/C23H21BrN4O2/c1-2-11-28-20-10-8-17(24)13-19(20)22(23(28)30)27-26-21(29)14-25-18-9-7-15-5-3-4-6-16(15)12-18/h3-10,12-13,25,30H,2,11,14H2,1H3. The number of carbonyl (C=O) groups excluding carboxylic acids is 1. The lowest BCUT2D eigenvalue weighted by molar-refractivity contribution is -0.116. The van der Waals surface area contributed by atoms with Crippen molar-refractivity contribution < 1.29 is 9.90 Å². The van der Waals surface area contributed by atoms with Gasteiger partial charge in [-0.3, -0.25) is 4.79 Å². The molecule has 1 heterocycles. The Hall–Kier alpha value is -3.19. The molecule has 3 aromatic carbocycles. The number of nitrogens with one attached hydrogen (secondary N) is 1. The van der Waals surface area contributed by atoms with E-state index in [4.69, 9.17) is 0 Å². The van der Waals surface area contributed by atoms with E-state index in [1.165, 1.54) is 0 Å². The fourth-order valence-corrected chi connectivity index (χ4v) is 3.82. The summed E-state index contributed by atoms with van der Waals surface area (Å²) < 4.78 is 2.65. The molecule has 0 aliphatic heterocycles. The Morgan fingerprint density at radius 3 is 2.70 bits per heavy atom. The molecule has 1 amide bonds. The molecule has 1 aromatic heterocycles. The van der Waals surface area contributed by atoms with Crippen LogP contribution in [0.25, 0.3) is 21.7 Å². The Kier molecular flexibility index (Phi) is 5.81. The lowest BCUT2D eigenvalue weighted by Gasteiger charge is -2.05. The quantitative estimate of drug-likeness (QED) is 0.324. The van der Waals surface area contributed by atoms with E-state index in [-0.39, 0.29) is 12.4 Å². The molecule has 0 unspecified atom stereocenters. The summed E-state index contributed by atoms with van der Waals surface area (Å²) in [5.41, 5.74) is 2.00. The first-order valence-corrected chi connectivity index (χ1v) is 10.5. The number of aromatic nitrogens is 1. The molecule has 0 aliphatic carbocycles. The van der Waals surface area contributed by atoms with Crippen LogP contribution >= 0.6 is 15.9 Å². The van der Waals surface area contributed by atoms with Crippen LogP contribution in [0.4, 0.5) is 11.4 Å². The number of carbonyl (C=O) groups is 1. The molecule has 0 saturated heterocycles. The van der Waals surface area contributed by atoms with Crippen molar-refractivity contribution in [2.45, 2.75) is 19.9 Å². The molecule has 4 aromatic rings. The first-order valence-electron chi connectivity index (χ1n) is 9.74. The average Bonchev–Trinajstić information content (AvgIpc) is 3.01. The topological polar surface area (TPSA) is 79.0 Å². The summed E-state index contributed by atoms with van der Waals surface area (Å²) in [6.07, 6.45) is 0.860. The van der Waals surface area contributed by atoms with Gasteiger partial charge in [0.25, 0.3) is 5.91 Å². The third-order valence-corrected chi connectivity index (χ3v) is 5.37.